The summed E-state index contributed by atoms with van der Waals surface area (Å²) >= 11 is 0. The lowest BCUT2D eigenvalue weighted by molar-refractivity contribution is 0.0696. The van der Waals surface area contributed by atoms with Gasteiger partial charge in [-0.05, 0) is 24.6 Å². The molecule has 2 N–H and O–H groups in total. The number of ether oxygens (including phenoxy) is 1. The van der Waals surface area contributed by atoms with Crippen LogP contribution in [0, 0.1) is 0 Å². The van der Waals surface area contributed by atoms with Crippen LogP contribution in [0.15, 0.2) is 18.2 Å². The van der Waals surface area contributed by atoms with Crippen molar-refractivity contribution in [1.29, 1.82) is 0 Å². The summed E-state index contributed by atoms with van der Waals surface area (Å²) in [5, 5.41) is 18.2. The van der Waals surface area contributed by atoms with Crippen LogP contribution < -0.4 is 4.74 Å². The van der Waals surface area contributed by atoms with E-state index in [1.165, 1.54) is 108 Å². The maximum absolute atomic E-state index is 11.1. The molecule has 0 fully saturated rings. The summed E-state index contributed by atoms with van der Waals surface area (Å²) in [6, 6.07) is 3.90. The van der Waals surface area contributed by atoms with E-state index in [4.69, 9.17) is 14.9 Å². The Morgan fingerprint density at radius 3 is 1.28 bits per heavy atom. The minimum atomic E-state index is -1.16. The molecule has 32 heavy (non-hydrogen) atoms. The number of aromatic carboxylic acids is 2. The Morgan fingerprint density at radius 2 is 0.938 bits per heavy atom. The van der Waals surface area contributed by atoms with Crippen LogP contribution >= 0.6 is 0 Å². The highest BCUT2D eigenvalue weighted by Gasteiger charge is 2.12. The highest BCUT2D eigenvalue weighted by atomic mass is 16.5. The van der Waals surface area contributed by atoms with Crippen LogP contribution in [-0.4, -0.2) is 28.8 Å². The molecule has 0 radical (unpaired) electrons. The lowest BCUT2D eigenvalue weighted by Gasteiger charge is -2.08. The molecule has 0 spiro atoms. The average Bonchev–Trinajstić information content (AvgIpc) is 2.78. The van der Waals surface area contributed by atoms with Crippen molar-refractivity contribution in [2.75, 3.05) is 6.61 Å². The number of carbonyl (C=O) groups is 2. The summed E-state index contributed by atoms with van der Waals surface area (Å²) in [5.74, 6) is -2.01. The zero-order valence-electron chi connectivity index (χ0n) is 20.1. The van der Waals surface area contributed by atoms with Gasteiger partial charge in [0.1, 0.15) is 5.75 Å². The average molecular weight is 449 g/mol. The molecule has 0 aliphatic carbocycles. The van der Waals surface area contributed by atoms with Crippen LogP contribution in [0.4, 0.5) is 0 Å². The molecule has 0 atom stereocenters. The van der Waals surface area contributed by atoms with Crippen molar-refractivity contribution >= 4 is 11.9 Å². The predicted molar refractivity (Wildman–Crippen MR) is 130 cm³/mol. The van der Waals surface area contributed by atoms with Gasteiger partial charge in [0.05, 0.1) is 17.7 Å². The third-order valence-corrected chi connectivity index (χ3v) is 5.92. The Morgan fingerprint density at radius 1 is 0.594 bits per heavy atom. The largest absolute Gasteiger partial charge is 0.494 e. The number of unbranched alkanes of at least 4 members (excludes halogenated alkanes) is 16. The van der Waals surface area contributed by atoms with Gasteiger partial charge in [-0.15, -0.1) is 0 Å². The fourth-order valence-electron chi connectivity index (χ4n) is 3.95. The molecule has 1 rings (SSSR count). The van der Waals surface area contributed by atoms with E-state index in [-0.39, 0.29) is 11.1 Å². The summed E-state index contributed by atoms with van der Waals surface area (Å²) in [6.07, 6.45) is 22.3. The Bertz CT molecular complexity index is 609. The van der Waals surface area contributed by atoms with Crippen molar-refractivity contribution in [3.8, 4) is 5.75 Å². The first kappa shape index (κ1) is 28.0. The summed E-state index contributed by atoms with van der Waals surface area (Å²) in [7, 11) is 0. The number of hydrogen-bond donors (Lipinski definition) is 2. The number of hydrogen-bond acceptors (Lipinski definition) is 3. The van der Waals surface area contributed by atoms with Crippen LogP contribution in [0.25, 0.3) is 0 Å². The molecule has 0 unspecified atom stereocenters. The first-order chi connectivity index (χ1) is 15.5. The van der Waals surface area contributed by atoms with E-state index in [2.05, 4.69) is 6.92 Å². The van der Waals surface area contributed by atoms with Crippen LogP contribution in [-0.2, 0) is 0 Å². The minimum Gasteiger partial charge on any atom is -0.494 e. The quantitative estimate of drug-likeness (QED) is 0.186. The summed E-state index contributed by atoms with van der Waals surface area (Å²) in [5.41, 5.74) is -0.135. The van der Waals surface area contributed by atoms with E-state index in [9.17, 15) is 9.59 Å². The number of carboxylic acid groups (broad SMARTS) is 2. The molecule has 182 valence electrons. The van der Waals surface area contributed by atoms with E-state index in [0.717, 1.165) is 18.9 Å². The van der Waals surface area contributed by atoms with E-state index in [1.807, 2.05) is 0 Å². The Kier molecular flexibility index (Phi) is 16.2. The highest BCUT2D eigenvalue weighted by molar-refractivity contribution is 5.94. The van der Waals surface area contributed by atoms with Gasteiger partial charge in [-0.25, -0.2) is 9.59 Å². The van der Waals surface area contributed by atoms with Crippen molar-refractivity contribution in [3.63, 3.8) is 0 Å². The molecule has 0 saturated heterocycles. The SMILES string of the molecule is CCCCCCCCCCCCCCCCCCCOc1cc(C(=O)O)cc(C(=O)O)c1. The molecule has 0 amide bonds. The highest BCUT2D eigenvalue weighted by Crippen LogP contribution is 2.19. The fraction of sp³-hybridized carbons (Fsp3) is 0.704. The van der Waals surface area contributed by atoms with Gasteiger partial charge in [0.15, 0.2) is 0 Å². The Balaban J connectivity index is 1.94. The molecule has 0 aromatic heterocycles. The van der Waals surface area contributed by atoms with Gasteiger partial charge >= 0.3 is 11.9 Å². The summed E-state index contributed by atoms with van der Waals surface area (Å²) in [4.78, 5) is 22.2. The first-order valence-corrected chi connectivity index (χ1v) is 12.8. The van der Waals surface area contributed by atoms with Crippen LogP contribution in [0.2, 0.25) is 0 Å². The number of benzene rings is 1. The van der Waals surface area contributed by atoms with Gasteiger partial charge in [-0.2, -0.15) is 0 Å². The third kappa shape index (κ3) is 14.1. The van der Waals surface area contributed by atoms with Gasteiger partial charge in [0, 0.05) is 0 Å². The normalized spacial score (nSPS) is 10.9. The molecular formula is C27H44O5. The molecule has 0 aliphatic heterocycles. The second-order valence-electron chi connectivity index (χ2n) is 8.86. The standard InChI is InChI=1S/C27H44O5/c1-2-3-4-5-6-7-8-9-10-11-12-13-14-15-16-17-18-19-32-25-21-23(26(28)29)20-24(22-25)27(30)31/h20-22H,2-19H2,1H3,(H,28,29)(H,30,31). The van der Waals surface area contributed by atoms with Gasteiger partial charge in [0.2, 0.25) is 0 Å². The van der Waals surface area contributed by atoms with Crippen molar-refractivity contribution < 1.29 is 24.5 Å². The second kappa shape index (κ2) is 18.5. The van der Waals surface area contributed by atoms with Gasteiger partial charge in [0.25, 0.3) is 0 Å². The van der Waals surface area contributed by atoms with E-state index >= 15 is 0 Å². The number of rotatable bonds is 21. The monoisotopic (exact) mass is 448 g/mol. The lowest BCUT2D eigenvalue weighted by atomic mass is 10.0. The van der Waals surface area contributed by atoms with Crippen LogP contribution in [0.3, 0.4) is 0 Å². The molecule has 5 nitrogen and oxygen atoms in total. The molecule has 0 bridgehead atoms. The minimum absolute atomic E-state index is 0.0673. The molecule has 0 saturated carbocycles. The number of carboxylic acids is 2. The lowest BCUT2D eigenvalue weighted by Crippen LogP contribution is -2.05. The van der Waals surface area contributed by atoms with Crippen molar-refractivity contribution in [2.45, 2.75) is 116 Å². The van der Waals surface area contributed by atoms with E-state index < -0.39 is 11.9 Å². The first-order valence-electron chi connectivity index (χ1n) is 12.8. The second-order valence-corrected chi connectivity index (χ2v) is 8.86. The maximum Gasteiger partial charge on any atom is 0.335 e. The smallest absolute Gasteiger partial charge is 0.335 e. The van der Waals surface area contributed by atoms with Crippen molar-refractivity contribution in [2.24, 2.45) is 0 Å². The zero-order valence-corrected chi connectivity index (χ0v) is 20.1. The van der Waals surface area contributed by atoms with E-state index in [0.29, 0.717) is 12.4 Å². The topological polar surface area (TPSA) is 83.8 Å². The van der Waals surface area contributed by atoms with Gasteiger partial charge in [-0.1, -0.05) is 110 Å². The van der Waals surface area contributed by atoms with E-state index in [1.54, 1.807) is 0 Å². The maximum atomic E-state index is 11.1. The summed E-state index contributed by atoms with van der Waals surface area (Å²) < 4.78 is 5.59. The summed E-state index contributed by atoms with van der Waals surface area (Å²) in [6.45, 7) is 2.74. The third-order valence-electron chi connectivity index (χ3n) is 5.92. The van der Waals surface area contributed by atoms with Gasteiger partial charge in [-0.3, -0.25) is 0 Å². The molecule has 0 heterocycles. The molecular weight excluding hydrogens is 404 g/mol. The Labute approximate surface area is 194 Å². The molecule has 0 aliphatic rings. The zero-order chi connectivity index (χ0) is 23.4. The molecule has 1 aromatic carbocycles. The molecule has 1 aromatic rings. The Hall–Kier alpha value is -2.04. The van der Waals surface area contributed by atoms with Crippen LogP contribution in [0.5, 0.6) is 5.75 Å². The fourth-order valence-corrected chi connectivity index (χ4v) is 3.95. The van der Waals surface area contributed by atoms with Crippen molar-refractivity contribution in [1.82, 2.24) is 0 Å². The van der Waals surface area contributed by atoms with Crippen molar-refractivity contribution in [3.05, 3.63) is 29.3 Å². The predicted octanol–water partition coefficient (Wildman–Crippen LogP) is 8.11. The van der Waals surface area contributed by atoms with Crippen LogP contribution in [0.1, 0.15) is 137 Å². The van der Waals surface area contributed by atoms with Gasteiger partial charge < -0.3 is 14.9 Å². The molecule has 5 heteroatoms.